The van der Waals surface area contributed by atoms with E-state index in [1.807, 2.05) is 24.3 Å². The third-order valence-corrected chi connectivity index (χ3v) is 3.32. The molecule has 1 unspecified atom stereocenters. The van der Waals surface area contributed by atoms with Crippen molar-refractivity contribution in [3.8, 4) is 0 Å². The van der Waals surface area contributed by atoms with E-state index in [2.05, 4.69) is 15.9 Å². The van der Waals surface area contributed by atoms with Gasteiger partial charge in [0, 0.05) is 4.47 Å². The second-order valence-corrected chi connectivity index (χ2v) is 6.14. The molecule has 0 aliphatic rings. The van der Waals surface area contributed by atoms with Gasteiger partial charge in [0.05, 0.1) is 11.5 Å². The van der Waals surface area contributed by atoms with Gasteiger partial charge in [0.2, 0.25) is 0 Å². The molecular formula is C14H19BrO3. The lowest BCUT2D eigenvalue weighted by Crippen LogP contribution is -2.24. The SMILES string of the molecule is CC(C)(O)CCC(Cc1cccc(Br)c1)C(=O)O. The van der Waals surface area contributed by atoms with E-state index in [0.717, 1.165) is 10.0 Å². The van der Waals surface area contributed by atoms with Gasteiger partial charge >= 0.3 is 5.97 Å². The summed E-state index contributed by atoms with van der Waals surface area (Å²) < 4.78 is 0.951. The zero-order chi connectivity index (χ0) is 13.8. The molecule has 1 aromatic carbocycles. The van der Waals surface area contributed by atoms with Gasteiger partial charge in [-0.05, 0) is 50.8 Å². The highest BCUT2D eigenvalue weighted by molar-refractivity contribution is 9.10. The highest BCUT2D eigenvalue weighted by Crippen LogP contribution is 2.21. The summed E-state index contributed by atoms with van der Waals surface area (Å²) in [5.41, 5.74) is 0.179. The number of carbonyl (C=O) groups is 1. The van der Waals surface area contributed by atoms with Crippen LogP contribution in [0.4, 0.5) is 0 Å². The molecule has 0 bridgehead atoms. The van der Waals surface area contributed by atoms with Gasteiger partial charge in [-0.25, -0.2) is 0 Å². The minimum atomic E-state index is -0.815. The molecule has 0 heterocycles. The molecule has 18 heavy (non-hydrogen) atoms. The van der Waals surface area contributed by atoms with Crippen molar-refractivity contribution in [2.45, 2.75) is 38.7 Å². The van der Waals surface area contributed by atoms with E-state index in [1.54, 1.807) is 13.8 Å². The number of rotatable bonds is 6. The number of benzene rings is 1. The Labute approximate surface area is 116 Å². The number of carboxylic acids is 1. The average molecular weight is 315 g/mol. The maximum atomic E-state index is 11.2. The Morgan fingerprint density at radius 2 is 2.11 bits per heavy atom. The van der Waals surface area contributed by atoms with Crippen LogP contribution in [0.15, 0.2) is 28.7 Å². The lowest BCUT2D eigenvalue weighted by Gasteiger charge is -2.20. The summed E-state index contributed by atoms with van der Waals surface area (Å²) in [7, 11) is 0. The quantitative estimate of drug-likeness (QED) is 0.847. The van der Waals surface area contributed by atoms with Gasteiger partial charge < -0.3 is 10.2 Å². The molecule has 0 amide bonds. The van der Waals surface area contributed by atoms with Gasteiger partial charge in [-0.15, -0.1) is 0 Å². The molecule has 0 aliphatic heterocycles. The first-order valence-electron chi connectivity index (χ1n) is 5.97. The number of hydrogen-bond acceptors (Lipinski definition) is 2. The largest absolute Gasteiger partial charge is 0.481 e. The Hall–Kier alpha value is -0.870. The van der Waals surface area contributed by atoms with Gasteiger partial charge in [-0.1, -0.05) is 28.1 Å². The summed E-state index contributed by atoms with van der Waals surface area (Å²) in [5, 5.41) is 18.9. The Morgan fingerprint density at radius 3 is 2.61 bits per heavy atom. The van der Waals surface area contributed by atoms with E-state index in [0.29, 0.717) is 19.3 Å². The Morgan fingerprint density at radius 1 is 1.44 bits per heavy atom. The summed E-state index contributed by atoms with van der Waals surface area (Å²) in [6.07, 6.45) is 1.45. The third kappa shape index (κ3) is 5.65. The van der Waals surface area contributed by atoms with Crippen molar-refractivity contribution in [3.05, 3.63) is 34.3 Å². The zero-order valence-corrected chi connectivity index (χ0v) is 12.3. The zero-order valence-electron chi connectivity index (χ0n) is 10.7. The lowest BCUT2D eigenvalue weighted by atomic mass is 9.90. The fourth-order valence-corrected chi connectivity index (χ4v) is 2.24. The molecule has 0 radical (unpaired) electrons. The topological polar surface area (TPSA) is 57.5 Å². The average Bonchev–Trinajstić information content (AvgIpc) is 2.22. The molecule has 100 valence electrons. The predicted octanol–water partition coefficient (Wildman–Crippen LogP) is 3.24. The van der Waals surface area contributed by atoms with Crippen LogP contribution in [0.1, 0.15) is 32.3 Å². The smallest absolute Gasteiger partial charge is 0.306 e. The highest BCUT2D eigenvalue weighted by Gasteiger charge is 2.22. The van der Waals surface area contributed by atoms with Crippen molar-refractivity contribution in [1.29, 1.82) is 0 Å². The van der Waals surface area contributed by atoms with E-state index in [9.17, 15) is 15.0 Å². The number of aliphatic hydroxyl groups is 1. The van der Waals surface area contributed by atoms with Gasteiger partial charge in [0.1, 0.15) is 0 Å². The molecular weight excluding hydrogens is 296 g/mol. The van der Waals surface area contributed by atoms with Gasteiger partial charge in [0.15, 0.2) is 0 Å². The molecule has 0 saturated heterocycles. The van der Waals surface area contributed by atoms with Crippen LogP contribution in [0.2, 0.25) is 0 Å². The second kappa shape index (κ2) is 6.34. The monoisotopic (exact) mass is 314 g/mol. The van der Waals surface area contributed by atoms with Crippen LogP contribution in [0.25, 0.3) is 0 Å². The predicted molar refractivity (Wildman–Crippen MR) is 74.5 cm³/mol. The second-order valence-electron chi connectivity index (χ2n) is 5.22. The summed E-state index contributed by atoms with van der Waals surface area (Å²) >= 11 is 3.37. The minimum Gasteiger partial charge on any atom is -0.481 e. The van der Waals surface area contributed by atoms with Crippen LogP contribution < -0.4 is 0 Å². The summed E-state index contributed by atoms with van der Waals surface area (Å²) in [6.45, 7) is 3.40. The first-order chi connectivity index (χ1) is 8.28. The van der Waals surface area contributed by atoms with E-state index >= 15 is 0 Å². The number of carboxylic acid groups (broad SMARTS) is 1. The van der Waals surface area contributed by atoms with Crippen molar-refractivity contribution < 1.29 is 15.0 Å². The molecule has 0 fully saturated rings. The normalized spacial score (nSPS) is 13.3. The van der Waals surface area contributed by atoms with Crippen LogP contribution in [-0.4, -0.2) is 21.8 Å². The molecule has 1 rings (SSSR count). The number of aliphatic carboxylic acids is 1. The number of hydrogen-bond donors (Lipinski definition) is 2. The summed E-state index contributed by atoms with van der Waals surface area (Å²) in [6, 6.07) is 7.66. The molecule has 1 atom stereocenters. The molecule has 0 aliphatic carbocycles. The third-order valence-electron chi connectivity index (χ3n) is 2.82. The van der Waals surface area contributed by atoms with Gasteiger partial charge in [-0.2, -0.15) is 0 Å². The van der Waals surface area contributed by atoms with Crippen LogP contribution >= 0.6 is 15.9 Å². The van der Waals surface area contributed by atoms with Crippen LogP contribution in [0, 0.1) is 5.92 Å². The van der Waals surface area contributed by atoms with E-state index in [1.165, 1.54) is 0 Å². The maximum Gasteiger partial charge on any atom is 0.306 e. The molecule has 1 aromatic rings. The van der Waals surface area contributed by atoms with E-state index in [-0.39, 0.29) is 0 Å². The molecule has 3 nitrogen and oxygen atoms in total. The fraction of sp³-hybridized carbons (Fsp3) is 0.500. The van der Waals surface area contributed by atoms with Crippen molar-refractivity contribution in [2.75, 3.05) is 0 Å². The standard InChI is InChI=1S/C14H19BrO3/c1-14(2,18)7-6-11(13(16)17)8-10-4-3-5-12(15)9-10/h3-5,9,11,18H,6-8H2,1-2H3,(H,16,17). The van der Waals surface area contributed by atoms with Crippen LogP contribution in [0.5, 0.6) is 0 Å². The summed E-state index contributed by atoms with van der Waals surface area (Å²) in [5.74, 6) is -1.26. The molecule has 0 spiro atoms. The van der Waals surface area contributed by atoms with E-state index < -0.39 is 17.5 Å². The lowest BCUT2D eigenvalue weighted by molar-refractivity contribution is -0.142. The Bertz CT molecular complexity index is 410. The maximum absolute atomic E-state index is 11.2. The number of halogens is 1. The first-order valence-corrected chi connectivity index (χ1v) is 6.77. The van der Waals surface area contributed by atoms with Crippen LogP contribution in [-0.2, 0) is 11.2 Å². The Kier molecular flexibility index (Phi) is 5.35. The summed E-state index contributed by atoms with van der Waals surface area (Å²) in [4.78, 5) is 11.2. The molecule has 0 aromatic heterocycles. The Balaban J connectivity index is 2.66. The van der Waals surface area contributed by atoms with Crippen molar-refractivity contribution in [1.82, 2.24) is 0 Å². The molecule has 2 N–H and O–H groups in total. The van der Waals surface area contributed by atoms with Crippen molar-refractivity contribution in [3.63, 3.8) is 0 Å². The van der Waals surface area contributed by atoms with Crippen molar-refractivity contribution >= 4 is 21.9 Å². The first kappa shape index (κ1) is 15.2. The van der Waals surface area contributed by atoms with Crippen molar-refractivity contribution in [2.24, 2.45) is 5.92 Å². The van der Waals surface area contributed by atoms with E-state index in [4.69, 9.17) is 0 Å². The molecule has 0 saturated carbocycles. The molecule has 4 heteroatoms. The van der Waals surface area contributed by atoms with Crippen LogP contribution in [0.3, 0.4) is 0 Å². The fourth-order valence-electron chi connectivity index (χ4n) is 1.79. The highest BCUT2D eigenvalue weighted by atomic mass is 79.9. The van der Waals surface area contributed by atoms with Gasteiger partial charge in [0.25, 0.3) is 0 Å². The van der Waals surface area contributed by atoms with Gasteiger partial charge in [-0.3, -0.25) is 4.79 Å². The minimum absolute atomic E-state index is 0.453.